The summed E-state index contributed by atoms with van der Waals surface area (Å²) in [5.41, 5.74) is 5.75. The summed E-state index contributed by atoms with van der Waals surface area (Å²) in [5.74, 6) is 0.0564. The molecule has 2 heterocycles. The van der Waals surface area contributed by atoms with Crippen LogP contribution in [0.1, 0.15) is 20.8 Å². The summed E-state index contributed by atoms with van der Waals surface area (Å²) in [6, 6.07) is -0.122. The molecule has 0 aliphatic heterocycles. The molecule has 0 radical (unpaired) electrons. The van der Waals surface area contributed by atoms with Crippen LogP contribution in [0, 0.1) is 0 Å². The first-order valence-electron chi connectivity index (χ1n) is 5.62. The lowest BCUT2D eigenvalue weighted by Gasteiger charge is -2.23. The van der Waals surface area contributed by atoms with Gasteiger partial charge in [-0.25, -0.2) is 13.4 Å². The number of anilines is 1. The summed E-state index contributed by atoms with van der Waals surface area (Å²) in [7, 11) is -3.62. The molecule has 6 nitrogen and oxygen atoms in total. The van der Waals surface area contributed by atoms with E-state index >= 15 is 0 Å². The van der Waals surface area contributed by atoms with Crippen LogP contribution in [0.3, 0.4) is 0 Å². The van der Waals surface area contributed by atoms with Crippen molar-refractivity contribution in [2.75, 3.05) is 12.3 Å². The Morgan fingerprint density at radius 2 is 2.22 bits per heavy atom. The Balaban J connectivity index is 2.66. The monoisotopic (exact) mass is 288 g/mol. The van der Waals surface area contributed by atoms with Crippen LogP contribution in [0.5, 0.6) is 0 Å². The number of aromatic nitrogens is 2. The van der Waals surface area contributed by atoms with Crippen molar-refractivity contribution in [1.29, 1.82) is 0 Å². The van der Waals surface area contributed by atoms with Gasteiger partial charge in [0.1, 0.15) is 0 Å². The van der Waals surface area contributed by atoms with E-state index in [-0.39, 0.29) is 16.9 Å². The van der Waals surface area contributed by atoms with Crippen molar-refractivity contribution in [3.05, 3.63) is 11.6 Å². The highest BCUT2D eigenvalue weighted by molar-refractivity contribution is 7.89. The second-order valence-corrected chi connectivity index (χ2v) is 6.84. The molecule has 0 saturated carbocycles. The lowest BCUT2D eigenvalue weighted by atomic mass is 10.4. The third-order valence-electron chi connectivity index (χ3n) is 2.68. The summed E-state index contributed by atoms with van der Waals surface area (Å²) in [4.78, 5) is 4.66. The number of hydrogen-bond donors (Lipinski definition) is 1. The maximum atomic E-state index is 12.6. The Morgan fingerprint density at radius 1 is 1.56 bits per heavy atom. The topological polar surface area (TPSA) is 80.7 Å². The van der Waals surface area contributed by atoms with Gasteiger partial charge < -0.3 is 5.73 Å². The molecule has 2 rings (SSSR count). The van der Waals surface area contributed by atoms with Crippen molar-refractivity contribution in [3.63, 3.8) is 0 Å². The molecule has 0 atom stereocenters. The van der Waals surface area contributed by atoms with Gasteiger partial charge in [-0.3, -0.25) is 4.40 Å². The molecule has 8 heteroatoms. The van der Waals surface area contributed by atoms with Crippen molar-refractivity contribution in [3.8, 4) is 0 Å². The highest BCUT2D eigenvalue weighted by atomic mass is 32.2. The van der Waals surface area contributed by atoms with Gasteiger partial charge >= 0.3 is 0 Å². The maximum Gasteiger partial charge on any atom is 0.263 e. The normalized spacial score (nSPS) is 12.9. The largest absolute Gasteiger partial charge is 0.381 e. The number of imidazole rings is 1. The van der Waals surface area contributed by atoms with E-state index in [4.69, 9.17) is 5.73 Å². The van der Waals surface area contributed by atoms with Gasteiger partial charge in [0, 0.05) is 24.2 Å². The van der Waals surface area contributed by atoms with E-state index < -0.39 is 10.0 Å². The third kappa shape index (κ3) is 1.90. The van der Waals surface area contributed by atoms with Crippen molar-refractivity contribution in [1.82, 2.24) is 13.7 Å². The Hall–Kier alpha value is -1.12. The summed E-state index contributed by atoms with van der Waals surface area (Å²) in [6.45, 7) is 5.88. The predicted molar refractivity (Wildman–Crippen MR) is 72.2 cm³/mol. The lowest BCUT2D eigenvalue weighted by Crippen LogP contribution is -2.37. The molecule has 0 aromatic carbocycles. The zero-order valence-corrected chi connectivity index (χ0v) is 12.1. The highest BCUT2D eigenvalue weighted by Gasteiger charge is 2.31. The Labute approximate surface area is 110 Å². The number of hydrogen-bond acceptors (Lipinski definition) is 5. The van der Waals surface area contributed by atoms with Crippen LogP contribution < -0.4 is 5.73 Å². The third-order valence-corrected chi connectivity index (χ3v) is 5.63. The fourth-order valence-electron chi connectivity index (χ4n) is 1.96. The van der Waals surface area contributed by atoms with Gasteiger partial charge in [-0.15, -0.1) is 11.3 Å². The van der Waals surface area contributed by atoms with Crippen molar-refractivity contribution in [2.45, 2.75) is 31.8 Å². The molecule has 0 aliphatic rings. The fourth-order valence-corrected chi connectivity index (χ4v) is 4.56. The van der Waals surface area contributed by atoms with Gasteiger partial charge in [-0.05, 0) is 13.8 Å². The first kappa shape index (κ1) is 13.3. The van der Waals surface area contributed by atoms with Gasteiger partial charge in [0.15, 0.2) is 15.8 Å². The average molecular weight is 288 g/mol. The van der Waals surface area contributed by atoms with Crippen LogP contribution in [0.25, 0.3) is 4.96 Å². The van der Waals surface area contributed by atoms with Crippen LogP contribution >= 0.6 is 11.3 Å². The van der Waals surface area contributed by atoms with Gasteiger partial charge in [0.25, 0.3) is 10.0 Å². The smallest absolute Gasteiger partial charge is 0.263 e. The molecule has 18 heavy (non-hydrogen) atoms. The van der Waals surface area contributed by atoms with Crippen molar-refractivity contribution >= 4 is 32.1 Å². The SMILES string of the molecule is CCN(C(C)C)S(=O)(=O)c1c(N)nc2sccn12. The van der Waals surface area contributed by atoms with Crippen molar-refractivity contribution in [2.24, 2.45) is 0 Å². The van der Waals surface area contributed by atoms with Gasteiger partial charge in [0.2, 0.25) is 0 Å². The molecule has 0 unspecified atom stereocenters. The number of nitrogens with zero attached hydrogens (tertiary/aromatic N) is 3. The zero-order chi connectivity index (χ0) is 13.5. The second kappa shape index (κ2) is 4.52. The summed E-state index contributed by atoms with van der Waals surface area (Å²) >= 11 is 1.36. The predicted octanol–water partition coefficient (Wildman–Crippen LogP) is 1.40. The molecule has 2 aromatic heterocycles. The van der Waals surface area contributed by atoms with E-state index in [1.54, 1.807) is 18.5 Å². The molecule has 2 N–H and O–H groups in total. The van der Waals surface area contributed by atoms with E-state index in [1.165, 1.54) is 20.0 Å². The first-order valence-corrected chi connectivity index (χ1v) is 7.94. The summed E-state index contributed by atoms with van der Waals surface area (Å²) < 4.78 is 28.1. The van der Waals surface area contributed by atoms with E-state index in [0.29, 0.717) is 11.5 Å². The van der Waals surface area contributed by atoms with Crippen LogP contribution in [-0.2, 0) is 10.0 Å². The Kier molecular flexibility index (Phi) is 3.35. The minimum absolute atomic E-state index is 0.0564. The molecular weight excluding hydrogens is 272 g/mol. The number of sulfonamides is 1. The zero-order valence-electron chi connectivity index (χ0n) is 10.5. The average Bonchev–Trinajstić information content (AvgIpc) is 2.75. The molecule has 0 amide bonds. The second-order valence-electron chi connectivity index (χ2n) is 4.16. The van der Waals surface area contributed by atoms with Crippen LogP contribution in [0.4, 0.5) is 5.82 Å². The standard InChI is InChI=1S/C10H16N4O2S2/c1-4-14(7(2)3)18(15,16)9-8(11)12-10-13(9)5-6-17-10/h5-7H,4,11H2,1-3H3. The Bertz CT molecular complexity index is 657. The molecule has 0 saturated heterocycles. The molecule has 0 fully saturated rings. The number of nitrogen functional groups attached to an aromatic ring is 1. The van der Waals surface area contributed by atoms with Crippen LogP contribution in [0.15, 0.2) is 16.6 Å². The van der Waals surface area contributed by atoms with Gasteiger partial charge in [-0.2, -0.15) is 4.31 Å². The van der Waals surface area contributed by atoms with E-state index in [0.717, 1.165) is 0 Å². The maximum absolute atomic E-state index is 12.6. The van der Waals surface area contributed by atoms with Crippen LogP contribution in [-0.4, -0.2) is 34.7 Å². The van der Waals surface area contributed by atoms with Gasteiger partial charge in [0.05, 0.1) is 0 Å². The lowest BCUT2D eigenvalue weighted by molar-refractivity contribution is 0.367. The number of rotatable bonds is 4. The number of fused-ring (bicyclic) bond motifs is 1. The minimum Gasteiger partial charge on any atom is -0.381 e. The summed E-state index contributed by atoms with van der Waals surface area (Å²) in [5, 5.41) is 1.85. The first-order chi connectivity index (χ1) is 8.39. The minimum atomic E-state index is -3.62. The van der Waals surface area contributed by atoms with E-state index in [1.807, 2.05) is 13.8 Å². The van der Waals surface area contributed by atoms with E-state index in [2.05, 4.69) is 4.98 Å². The molecule has 2 aromatic rings. The van der Waals surface area contributed by atoms with Gasteiger partial charge in [-0.1, -0.05) is 6.92 Å². The molecule has 0 spiro atoms. The Morgan fingerprint density at radius 3 is 2.78 bits per heavy atom. The quantitative estimate of drug-likeness (QED) is 0.922. The molecule has 0 bridgehead atoms. The highest BCUT2D eigenvalue weighted by Crippen LogP contribution is 2.27. The molecule has 0 aliphatic carbocycles. The molecule has 100 valence electrons. The fraction of sp³-hybridized carbons (Fsp3) is 0.500. The van der Waals surface area contributed by atoms with E-state index in [9.17, 15) is 8.42 Å². The van der Waals surface area contributed by atoms with Crippen molar-refractivity contribution < 1.29 is 8.42 Å². The number of thiazole rings is 1. The molecular formula is C10H16N4O2S2. The summed E-state index contributed by atoms with van der Waals surface area (Å²) in [6.07, 6.45) is 1.67. The number of nitrogens with two attached hydrogens (primary N) is 1. The van der Waals surface area contributed by atoms with Crippen LogP contribution in [0.2, 0.25) is 0 Å².